The van der Waals surface area contributed by atoms with Crippen LogP contribution in [0.3, 0.4) is 0 Å². The lowest BCUT2D eigenvalue weighted by atomic mass is 10.1. The number of anilines is 1. The van der Waals surface area contributed by atoms with Gasteiger partial charge in [-0.3, -0.25) is 14.9 Å². The molecular weight excluding hydrogens is 338 g/mol. The molecule has 1 amide bonds. The van der Waals surface area contributed by atoms with E-state index in [1.807, 2.05) is 4.90 Å². The summed E-state index contributed by atoms with van der Waals surface area (Å²) >= 11 is 0. The van der Waals surface area contributed by atoms with Crippen molar-refractivity contribution < 1.29 is 19.2 Å². The molecule has 1 aromatic rings. The van der Waals surface area contributed by atoms with Gasteiger partial charge in [-0.25, -0.2) is 0 Å². The largest absolute Gasteiger partial charge is 0.381 e. The van der Waals surface area contributed by atoms with Gasteiger partial charge in [-0.15, -0.1) is 0 Å². The molecule has 1 saturated heterocycles. The molecule has 1 fully saturated rings. The molecule has 0 radical (unpaired) electrons. The molecule has 2 rings (SSSR count). The van der Waals surface area contributed by atoms with Crippen molar-refractivity contribution in [3.8, 4) is 0 Å². The summed E-state index contributed by atoms with van der Waals surface area (Å²) in [5.41, 5.74) is 0.934. The zero-order valence-corrected chi connectivity index (χ0v) is 15.4. The normalized spacial score (nSPS) is 14.5. The highest BCUT2D eigenvalue weighted by Gasteiger charge is 2.21. The average molecular weight is 365 g/mol. The van der Waals surface area contributed by atoms with E-state index in [1.165, 1.54) is 12.1 Å². The van der Waals surface area contributed by atoms with Gasteiger partial charge < -0.3 is 19.7 Å². The molecule has 1 aliphatic rings. The lowest BCUT2D eigenvalue weighted by Crippen LogP contribution is -2.38. The van der Waals surface area contributed by atoms with Crippen molar-refractivity contribution in [1.82, 2.24) is 5.32 Å². The maximum atomic E-state index is 12.6. The van der Waals surface area contributed by atoms with E-state index in [9.17, 15) is 14.9 Å². The van der Waals surface area contributed by atoms with Gasteiger partial charge in [0.1, 0.15) is 0 Å². The number of nitro benzene ring substituents is 1. The number of carbonyl (C=O) groups is 1. The van der Waals surface area contributed by atoms with Gasteiger partial charge in [0, 0.05) is 45.0 Å². The molecule has 26 heavy (non-hydrogen) atoms. The molecule has 1 aliphatic heterocycles. The number of benzene rings is 1. The molecule has 1 N–H and O–H groups in total. The van der Waals surface area contributed by atoms with Crippen molar-refractivity contribution in [2.24, 2.45) is 5.92 Å². The molecule has 8 nitrogen and oxygen atoms in total. The molecule has 0 spiro atoms. The summed E-state index contributed by atoms with van der Waals surface area (Å²) in [4.78, 5) is 25.2. The highest BCUT2D eigenvalue weighted by atomic mass is 16.6. The number of ether oxygens (including phenoxy) is 2. The van der Waals surface area contributed by atoms with Gasteiger partial charge in [0.2, 0.25) is 0 Å². The van der Waals surface area contributed by atoms with Crippen LogP contribution >= 0.6 is 0 Å². The van der Waals surface area contributed by atoms with Gasteiger partial charge in [0.25, 0.3) is 11.6 Å². The third-order valence-corrected chi connectivity index (χ3v) is 3.99. The summed E-state index contributed by atoms with van der Waals surface area (Å²) in [5.74, 6) is 0.171. The van der Waals surface area contributed by atoms with E-state index in [4.69, 9.17) is 9.47 Å². The Morgan fingerprint density at radius 3 is 2.77 bits per heavy atom. The molecule has 0 saturated carbocycles. The van der Waals surface area contributed by atoms with Crippen LogP contribution < -0.4 is 10.2 Å². The number of nitrogens with zero attached hydrogens (tertiary/aromatic N) is 2. The fraction of sp³-hybridized carbons (Fsp3) is 0.611. The Morgan fingerprint density at radius 2 is 2.12 bits per heavy atom. The van der Waals surface area contributed by atoms with E-state index in [1.54, 1.807) is 6.07 Å². The lowest BCUT2D eigenvalue weighted by molar-refractivity contribution is -0.384. The monoisotopic (exact) mass is 365 g/mol. The summed E-state index contributed by atoms with van der Waals surface area (Å²) in [7, 11) is 0. The Hall–Kier alpha value is -2.19. The number of hydrogen-bond donors (Lipinski definition) is 1. The lowest BCUT2D eigenvalue weighted by Gasteiger charge is -2.30. The predicted molar refractivity (Wildman–Crippen MR) is 98.7 cm³/mol. The minimum Gasteiger partial charge on any atom is -0.381 e. The smallest absolute Gasteiger partial charge is 0.270 e. The Kier molecular flexibility index (Phi) is 7.80. The number of hydrogen-bond acceptors (Lipinski definition) is 6. The fourth-order valence-electron chi connectivity index (χ4n) is 2.69. The zero-order chi connectivity index (χ0) is 18.9. The first kappa shape index (κ1) is 20.1. The molecule has 0 aliphatic carbocycles. The number of nitrogens with one attached hydrogen (secondary N) is 1. The van der Waals surface area contributed by atoms with Gasteiger partial charge in [0.05, 0.1) is 29.4 Å². The summed E-state index contributed by atoms with van der Waals surface area (Å²) in [6.45, 7) is 8.35. The third kappa shape index (κ3) is 5.96. The van der Waals surface area contributed by atoms with Gasteiger partial charge >= 0.3 is 0 Å². The molecule has 0 aromatic heterocycles. The molecule has 0 bridgehead atoms. The van der Waals surface area contributed by atoms with Crippen LogP contribution in [-0.4, -0.2) is 56.9 Å². The van der Waals surface area contributed by atoms with Crippen molar-refractivity contribution in [2.45, 2.75) is 20.3 Å². The average Bonchev–Trinajstić information content (AvgIpc) is 2.64. The molecule has 8 heteroatoms. The van der Waals surface area contributed by atoms with Crippen LogP contribution in [0.5, 0.6) is 0 Å². The predicted octanol–water partition coefficient (Wildman–Crippen LogP) is 2.22. The van der Waals surface area contributed by atoms with Crippen LogP contribution in [0.4, 0.5) is 11.4 Å². The number of morpholine rings is 1. The van der Waals surface area contributed by atoms with Crippen LogP contribution in [0.1, 0.15) is 30.6 Å². The summed E-state index contributed by atoms with van der Waals surface area (Å²) in [5, 5.41) is 13.9. The highest BCUT2D eigenvalue weighted by molar-refractivity contribution is 6.00. The maximum Gasteiger partial charge on any atom is 0.270 e. The van der Waals surface area contributed by atoms with E-state index in [-0.39, 0.29) is 11.6 Å². The van der Waals surface area contributed by atoms with Crippen molar-refractivity contribution in [3.05, 3.63) is 33.9 Å². The second kappa shape index (κ2) is 10.1. The first-order valence-corrected chi connectivity index (χ1v) is 8.96. The maximum absolute atomic E-state index is 12.6. The van der Waals surface area contributed by atoms with Gasteiger partial charge in [-0.2, -0.15) is 0 Å². The van der Waals surface area contributed by atoms with E-state index < -0.39 is 4.92 Å². The van der Waals surface area contributed by atoms with Crippen LogP contribution in [-0.2, 0) is 9.47 Å². The van der Waals surface area contributed by atoms with E-state index in [0.29, 0.717) is 69.7 Å². The topological polar surface area (TPSA) is 93.9 Å². The second-order valence-electron chi connectivity index (χ2n) is 6.64. The van der Waals surface area contributed by atoms with Crippen molar-refractivity contribution in [1.29, 1.82) is 0 Å². The van der Waals surface area contributed by atoms with Crippen molar-refractivity contribution in [2.75, 3.05) is 51.0 Å². The Balaban J connectivity index is 2.00. The van der Waals surface area contributed by atoms with Gasteiger partial charge in [-0.1, -0.05) is 13.8 Å². The Morgan fingerprint density at radius 1 is 1.38 bits per heavy atom. The SMILES string of the molecule is CC(C)COCCCNC(=O)c1cc([N+](=O)[O-])ccc1N1CCOCC1. The molecule has 0 unspecified atom stereocenters. The number of non-ortho nitro benzene ring substituents is 1. The first-order valence-electron chi connectivity index (χ1n) is 8.96. The Bertz CT molecular complexity index is 615. The molecule has 1 aromatic carbocycles. The fourth-order valence-corrected chi connectivity index (χ4v) is 2.69. The van der Waals surface area contributed by atoms with Gasteiger partial charge in [0.15, 0.2) is 0 Å². The molecule has 1 heterocycles. The van der Waals surface area contributed by atoms with Gasteiger partial charge in [-0.05, 0) is 18.4 Å². The standard InChI is InChI=1S/C18H27N3O5/c1-14(2)13-26-9-3-6-19-18(22)16-12-15(21(23)24)4-5-17(16)20-7-10-25-11-8-20/h4-5,12,14H,3,6-11,13H2,1-2H3,(H,19,22). The van der Waals surface area contributed by atoms with E-state index >= 15 is 0 Å². The summed E-state index contributed by atoms with van der Waals surface area (Å²) in [6.07, 6.45) is 0.695. The molecule has 0 atom stereocenters. The zero-order valence-electron chi connectivity index (χ0n) is 15.4. The van der Waals surface area contributed by atoms with Crippen LogP contribution in [0.25, 0.3) is 0 Å². The van der Waals surface area contributed by atoms with Crippen LogP contribution in [0.2, 0.25) is 0 Å². The highest BCUT2D eigenvalue weighted by Crippen LogP contribution is 2.26. The van der Waals surface area contributed by atoms with Crippen LogP contribution in [0, 0.1) is 16.0 Å². The first-order chi connectivity index (χ1) is 12.5. The molecule has 144 valence electrons. The quantitative estimate of drug-likeness (QED) is 0.410. The number of nitro groups is 1. The third-order valence-electron chi connectivity index (χ3n) is 3.99. The number of carbonyl (C=O) groups excluding carboxylic acids is 1. The Labute approximate surface area is 153 Å². The van der Waals surface area contributed by atoms with E-state index in [2.05, 4.69) is 19.2 Å². The number of amides is 1. The van der Waals surface area contributed by atoms with Crippen molar-refractivity contribution >= 4 is 17.3 Å². The number of rotatable bonds is 9. The minimum atomic E-state index is -0.486. The minimum absolute atomic E-state index is 0.0903. The van der Waals surface area contributed by atoms with E-state index in [0.717, 1.165) is 0 Å². The second-order valence-corrected chi connectivity index (χ2v) is 6.64. The molecular formula is C18H27N3O5. The van der Waals surface area contributed by atoms with Crippen molar-refractivity contribution in [3.63, 3.8) is 0 Å². The summed E-state index contributed by atoms with van der Waals surface area (Å²) in [6, 6.07) is 4.42. The summed E-state index contributed by atoms with van der Waals surface area (Å²) < 4.78 is 10.8. The van der Waals surface area contributed by atoms with Crippen LogP contribution in [0.15, 0.2) is 18.2 Å².